The van der Waals surface area contributed by atoms with Crippen LogP contribution in [-0.2, 0) is 17.1 Å². The molecule has 0 spiro atoms. The van der Waals surface area contributed by atoms with Gasteiger partial charge in [-0.3, -0.25) is 4.68 Å². The molecule has 1 saturated heterocycles. The fraction of sp³-hybridized carbons (Fsp3) is 0.667. The Hall–Kier alpha value is -0.920. The van der Waals surface area contributed by atoms with Gasteiger partial charge in [0.2, 0.25) is 0 Å². The average Bonchev–Trinajstić information content (AvgIpc) is 2.85. The van der Waals surface area contributed by atoms with Gasteiger partial charge in [-0.15, -0.1) is 0 Å². The van der Waals surface area contributed by atoms with Crippen molar-refractivity contribution in [3.63, 3.8) is 0 Å². The summed E-state index contributed by atoms with van der Waals surface area (Å²) in [7, 11) is -1.76. The number of rotatable bonds is 3. The molecule has 0 bridgehead atoms. The lowest BCUT2D eigenvalue weighted by atomic mass is 10.1. The van der Waals surface area contributed by atoms with Gasteiger partial charge in [0.25, 0.3) is 10.0 Å². The smallest absolute Gasteiger partial charge is 0.260 e. The maximum absolute atomic E-state index is 12.2. The van der Waals surface area contributed by atoms with Crippen LogP contribution in [-0.4, -0.2) is 42.1 Å². The normalized spacial score (nSPS) is 22.8. The number of nitrogens with two attached hydrogens (primary N) is 1. The van der Waals surface area contributed by atoms with Crippen LogP contribution in [0.4, 0.5) is 0 Å². The monoisotopic (exact) mass is 244 g/mol. The molecule has 2 heterocycles. The number of hydrogen-bond donors (Lipinski definition) is 1. The summed E-state index contributed by atoms with van der Waals surface area (Å²) in [4.78, 5) is 0. The van der Waals surface area contributed by atoms with Gasteiger partial charge in [0.1, 0.15) is 0 Å². The van der Waals surface area contributed by atoms with Crippen molar-refractivity contribution in [1.29, 1.82) is 0 Å². The van der Waals surface area contributed by atoms with Crippen molar-refractivity contribution in [2.75, 3.05) is 19.6 Å². The first-order valence-electron chi connectivity index (χ1n) is 5.24. The minimum absolute atomic E-state index is 0.241. The van der Waals surface area contributed by atoms with E-state index in [1.54, 1.807) is 7.05 Å². The van der Waals surface area contributed by atoms with Crippen LogP contribution in [0, 0.1) is 5.92 Å². The lowest BCUT2D eigenvalue weighted by Crippen LogP contribution is -2.31. The van der Waals surface area contributed by atoms with E-state index in [2.05, 4.69) is 5.10 Å². The van der Waals surface area contributed by atoms with E-state index in [9.17, 15) is 8.42 Å². The van der Waals surface area contributed by atoms with Crippen molar-refractivity contribution in [3.8, 4) is 0 Å². The highest BCUT2D eigenvalue weighted by molar-refractivity contribution is 7.89. The molecule has 2 rings (SSSR count). The number of aromatic nitrogens is 2. The Bertz CT molecular complexity index is 468. The molecule has 0 radical (unpaired) electrons. The fourth-order valence-corrected chi connectivity index (χ4v) is 3.59. The van der Waals surface area contributed by atoms with Crippen LogP contribution in [0.5, 0.6) is 0 Å². The molecule has 1 aromatic rings. The Kier molecular flexibility index (Phi) is 3.00. The van der Waals surface area contributed by atoms with E-state index in [1.807, 2.05) is 0 Å². The summed E-state index contributed by atoms with van der Waals surface area (Å²) >= 11 is 0. The van der Waals surface area contributed by atoms with Crippen molar-refractivity contribution in [2.24, 2.45) is 18.7 Å². The van der Waals surface area contributed by atoms with Crippen molar-refractivity contribution in [1.82, 2.24) is 14.1 Å². The van der Waals surface area contributed by atoms with Crippen LogP contribution in [0.25, 0.3) is 0 Å². The second-order valence-electron chi connectivity index (χ2n) is 4.05. The van der Waals surface area contributed by atoms with E-state index in [4.69, 9.17) is 5.73 Å². The first kappa shape index (κ1) is 11.6. The Morgan fingerprint density at radius 1 is 1.62 bits per heavy atom. The molecule has 0 aliphatic carbocycles. The summed E-state index contributed by atoms with van der Waals surface area (Å²) < 4.78 is 27.3. The van der Waals surface area contributed by atoms with E-state index in [-0.39, 0.29) is 10.9 Å². The van der Waals surface area contributed by atoms with Gasteiger partial charge in [-0.2, -0.15) is 9.40 Å². The molecule has 16 heavy (non-hydrogen) atoms. The van der Waals surface area contributed by atoms with Gasteiger partial charge < -0.3 is 5.73 Å². The first-order chi connectivity index (χ1) is 7.55. The molecule has 0 saturated carbocycles. The molecule has 7 heteroatoms. The zero-order valence-corrected chi connectivity index (χ0v) is 10.0. The molecule has 90 valence electrons. The highest BCUT2D eigenvalue weighted by atomic mass is 32.2. The van der Waals surface area contributed by atoms with Crippen molar-refractivity contribution < 1.29 is 8.42 Å². The number of aryl methyl sites for hydroxylation is 1. The largest absolute Gasteiger partial charge is 0.330 e. The van der Waals surface area contributed by atoms with E-state index in [0.717, 1.165) is 6.42 Å². The molecule has 0 amide bonds. The molecule has 0 aromatic carbocycles. The molecule has 1 aliphatic rings. The maximum atomic E-state index is 12.2. The fourth-order valence-electron chi connectivity index (χ4n) is 1.95. The topological polar surface area (TPSA) is 81.2 Å². The third-order valence-corrected chi connectivity index (χ3v) is 4.90. The Morgan fingerprint density at radius 2 is 2.38 bits per heavy atom. The summed E-state index contributed by atoms with van der Waals surface area (Å²) in [6.45, 7) is 1.61. The van der Waals surface area contributed by atoms with Crippen LogP contribution in [0.3, 0.4) is 0 Å². The molecule has 1 fully saturated rings. The minimum Gasteiger partial charge on any atom is -0.330 e. The number of nitrogens with zero attached hydrogens (tertiary/aromatic N) is 3. The van der Waals surface area contributed by atoms with Gasteiger partial charge in [0, 0.05) is 20.1 Å². The first-order valence-corrected chi connectivity index (χ1v) is 6.68. The summed E-state index contributed by atoms with van der Waals surface area (Å²) in [5.41, 5.74) is 5.55. The van der Waals surface area contributed by atoms with E-state index >= 15 is 0 Å². The quantitative estimate of drug-likeness (QED) is 0.769. The molecular formula is C9H16N4O2S. The third kappa shape index (κ3) is 1.85. The lowest BCUT2D eigenvalue weighted by Gasteiger charge is -2.15. The predicted molar refractivity (Wildman–Crippen MR) is 59.1 cm³/mol. The molecule has 1 unspecified atom stereocenters. The third-order valence-electron chi connectivity index (χ3n) is 2.96. The van der Waals surface area contributed by atoms with E-state index < -0.39 is 10.0 Å². The van der Waals surface area contributed by atoms with Crippen LogP contribution in [0.1, 0.15) is 6.42 Å². The SMILES string of the molecule is Cn1nccc1S(=O)(=O)N1CCC(CN)C1. The maximum Gasteiger partial charge on any atom is 0.260 e. The second-order valence-corrected chi connectivity index (χ2v) is 5.93. The standard InChI is InChI=1S/C9H16N4O2S/c1-12-9(2-4-11-12)16(14,15)13-5-3-8(6-10)7-13/h2,4,8H,3,5-7,10H2,1H3. The molecule has 6 nitrogen and oxygen atoms in total. The van der Waals surface area contributed by atoms with Crippen LogP contribution < -0.4 is 5.73 Å². The summed E-state index contributed by atoms with van der Waals surface area (Å²) in [5.74, 6) is 0.281. The zero-order chi connectivity index (χ0) is 11.8. The van der Waals surface area contributed by atoms with Gasteiger partial charge in [-0.05, 0) is 24.9 Å². The summed E-state index contributed by atoms with van der Waals surface area (Å²) in [6.07, 6.45) is 2.33. The van der Waals surface area contributed by atoms with Crippen LogP contribution in [0.2, 0.25) is 0 Å². The molecule has 1 aliphatic heterocycles. The van der Waals surface area contributed by atoms with Crippen molar-refractivity contribution >= 4 is 10.0 Å². The molecule has 1 aromatic heterocycles. The predicted octanol–water partition coefficient (Wildman–Crippen LogP) is -0.611. The zero-order valence-electron chi connectivity index (χ0n) is 9.20. The Labute approximate surface area is 95.1 Å². The second kappa shape index (κ2) is 4.15. The van der Waals surface area contributed by atoms with Crippen molar-refractivity contribution in [3.05, 3.63) is 12.3 Å². The van der Waals surface area contributed by atoms with Crippen molar-refractivity contribution in [2.45, 2.75) is 11.4 Å². The Balaban J connectivity index is 2.25. The van der Waals surface area contributed by atoms with Gasteiger partial charge in [-0.1, -0.05) is 0 Å². The summed E-state index contributed by atoms with van der Waals surface area (Å²) in [5, 5.41) is 4.12. The highest BCUT2D eigenvalue weighted by Gasteiger charge is 2.33. The van der Waals surface area contributed by atoms with Gasteiger partial charge in [0.05, 0.1) is 6.20 Å². The number of sulfonamides is 1. The lowest BCUT2D eigenvalue weighted by molar-refractivity contribution is 0.451. The molecule has 1 atom stereocenters. The Morgan fingerprint density at radius 3 is 2.88 bits per heavy atom. The average molecular weight is 244 g/mol. The minimum atomic E-state index is -3.39. The van der Waals surface area contributed by atoms with E-state index in [1.165, 1.54) is 21.3 Å². The number of hydrogen-bond acceptors (Lipinski definition) is 4. The molecule has 2 N–H and O–H groups in total. The van der Waals surface area contributed by atoms with Gasteiger partial charge in [-0.25, -0.2) is 8.42 Å². The van der Waals surface area contributed by atoms with E-state index in [0.29, 0.717) is 19.6 Å². The van der Waals surface area contributed by atoms with Gasteiger partial charge in [0.15, 0.2) is 5.03 Å². The molecular weight excluding hydrogens is 228 g/mol. The van der Waals surface area contributed by atoms with Gasteiger partial charge >= 0.3 is 0 Å². The van der Waals surface area contributed by atoms with Crippen LogP contribution >= 0.6 is 0 Å². The van der Waals surface area contributed by atoms with Crippen LogP contribution in [0.15, 0.2) is 17.3 Å². The summed E-state index contributed by atoms with van der Waals surface area (Å²) in [6, 6.07) is 1.52. The highest BCUT2D eigenvalue weighted by Crippen LogP contribution is 2.22.